The van der Waals surface area contributed by atoms with Crippen molar-refractivity contribution in [2.75, 3.05) is 45.1 Å². The maximum atomic E-state index is 11.3. The first-order valence-electron chi connectivity index (χ1n) is 8.13. The summed E-state index contributed by atoms with van der Waals surface area (Å²) in [5.74, 6) is 0.889. The number of nitrogens with zero attached hydrogens (tertiary/aromatic N) is 1. The zero-order valence-electron chi connectivity index (χ0n) is 14.6. The smallest absolute Gasteiger partial charge is 0.211 e. The summed E-state index contributed by atoms with van der Waals surface area (Å²) in [5.41, 5.74) is 0. The van der Waals surface area contributed by atoms with Gasteiger partial charge in [-0.2, -0.15) is 0 Å². The second-order valence-electron chi connectivity index (χ2n) is 4.74. The van der Waals surface area contributed by atoms with E-state index in [4.69, 9.17) is 4.74 Å². The molecule has 0 radical (unpaired) electrons. The highest BCUT2D eigenvalue weighted by Crippen LogP contribution is 1.89. The molecule has 7 nitrogen and oxygen atoms in total. The fraction of sp³-hybridized carbons (Fsp3) is 0.929. The van der Waals surface area contributed by atoms with Crippen molar-refractivity contribution in [1.29, 1.82) is 0 Å². The van der Waals surface area contributed by atoms with E-state index in [2.05, 4.69) is 20.3 Å². The number of guanidine groups is 1. The Morgan fingerprint density at radius 3 is 2.39 bits per heavy atom. The van der Waals surface area contributed by atoms with Gasteiger partial charge in [0, 0.05) is 39.4 Å². The molecular formula is C14H33IN4O3S. The van der Waals surface area contributed by atoms with Crippen molar-refractivity contribution in [1.82, 2.24) is 15.4 Å². The molecule has 0 aliphatic rings. The van der Waals surface area contributed by atoms with Crippen LogP contribution >= 0.6 is 24.0 Å². The SMILES string of the molecule is CCNC(=NCCCNS(=O)(=O)CC)NCCCCOCC.I. The molecule has 0 atom stereocenters. The van der Waals surface area contributed by atoms with Crippen molar-refractivity contribution in [3.05, 3.63) is 0 Å². The molecule has 0 aromatic carbocycles. The van der Waals surface area contributed by atoms with E-state index in [1.165, 1.54) is 0 Å². The molecule has 0 fully saturated rings. The van der Waals surface area contributed by atoms with Gasteiger partial charge in [-0.1, -0.05) is 0 Å². The number of halogens is 1. The Hall–Kier alpha value is -0.130. The number of aliphatic imine (C=N–C) groups is 1. The Morgan fingerprint density at radius 2 is 1.78 bits per heavy atom. The highest BCUT2D eigenvalue weighted by molar-refractivity contribution is 14.0. The summed E-state index contributed by atoms with van der Waals surface area (Å²) in [5, 5.41) is 6.43. The van der Waals surface area contributed by atoms with Gasteiger partial charge in [0.15, 0.2) is 5.96 Å². The van der Waals surface area contributed by atoms with Crippen LogP contribution in [0.1, 0.15) is 40.0 Å². The van der Waals surface area contributed by atoms with Crippen LogP contribution in [0.15, 0.2) is 4.99 Å². The summed E-state index contributed by atoms with van der Waals surface area (Å²) < 4.78 is 30.4. The Bertz CT molecular complexity index is 391. The van der Waals surface area contributed by atoms with Crippen LogP contribution in [0.5, 0.6) is 0 Å². The zero-order chi connectivity index (χ0) is 16.7. The van der Waals surface area contributed by atoms with Crippen LogP contribution in [0.3, 0.4) is 0 Å². The molecule has 9 heteroatoms. The Morgan fingerprint density at radius 1 is 1.04 bits per heavy atom. The number of rotatable bonds is 13. The van der Waals surface area contributed by atoms with Crippen molar-refractivity contribution in [2.24, 2.45) is 4.99 Å². The zero-order valence-corrected chi connectivity index (χ0v) is 17.7. The van der Waals surface area contributed by atoms with Crippen LogP contribution < -0.4 is 15.4 Å². The molecule has 0 aliphatic carbocycles. The van der Waals surface area contributed by atoms with Crippen LogP contribution in [-0.2, 0) is 14.8 Å². The molecule has 0 unspecified atom stereocenters. The van der Waals surface area contributed by atoms with Gasteiger partial charge in [-0.3, -0.25) is 4.99 Å². The monoisotopic (exact) mass is 464 g/mol. The molecule has 0 saturated carbocycles. The minimum atomic E-state index is -3.10. The minimum absolute atomic E-state index is 0. The molecule has 0 spiro atoms. The maximum Gasteiger partial charge on any atom is 0.211 e. The van der Waals surface area contributed by atoms with E-state index in [1.807, 2.05) is 13.8 Å². The van der Waals surface area contributed by atoms with E-state index < -0.39 is 10.0 Å². The van der Waals surface area contributed by atoms with Gasteiger partial charge in [-0.25, -0.2) is 13.1 Å². The van der Waals surface area contributed by atoms with E-state index in [9.17, 15) is 8.42 Å². The van der Waals surface area contributed by atoms with E-state index in [1.54, 1.807) is 6.92 Å². The molecule has 0 bridgehead atoms. The topological polar surface area (TPSA) is 91.8 Å². The third kappa shape index (κ3) is 16.5. The summed E-state index contributed by atoms with van der Waals surface area (Å²) in [6.45, 7) is 9.85. The van der Waals surface area contributed by atoms with Gasteiger partial charge >= 0.3 is 0 Å². The van der Waals surface area contributed by atoms with Gasteiger partial charge in [0.25, 0.3) is 0 Å². The highest BCUT2D eigenvalue weighted by atomic mass is 127. The van der Waals surface area contributed by atoms with Gasteiger partial charge in [0.05, 0.1) is 5.75 Å². The molecule has 23 heavy (non-hydrogen) atoms. The quantitative estimate of drug-likeness (QED) is 0.166. The number of sulfonamides is 1. The number of unbranched alkanes of at least 4 members (excludes halogenated alkanes) is 1. The maximum absolute atomic E-state index is 11.3. The fourth-order valence-electron chi connectivity index (χ4n) is 1.62. The van der Waals surface area contributed by atoms with Crippen molar-refractivity contribution >= 4 is 40.0 Å². The molecule has 0 heterocycles. The van der Waals surface area contributed by atoms with E-state index in [0.717, 1.165) is 45.1 Å². The predicted octanol–water partition coefficient (Wildman–Crippen LogP) is 1.31. The number of hydrogen-bond donors (Lipinski definition) is 3. The number of nitrogens with one attached hydrogen (secondary N) is 3. The molecule has 0 saturated heterocycles. The lowest BCUT2D eigenvalue weighted by Gasteiger charge is -2.11. The average Bonchev–Trinajstić information content (AvgIpc) is 2.50. The molecule has 0 aliphatic heterocycles. The predicted molar refractivity (Wildman–Crippen MR) is 107 cm³/mol. The summed E-state index contributed by atoms with van der Waals surface area (Å²) in [4.78, 5) is 4.42. The highest BCUT2D eigenvalue weighted by Gasteiger charge is 2.04. The molecule has 140 valence electrons. The van der Waals surface area contributed by atoms with Gasteiger partial charge < -0.3 is 15.4 Å². The van der Waals surface area contributed by atoms with E-state index in [0.29, 0.717) is 19.5 Å². The first-order valence-corrected chi connectivity index (χ1v) is 9.78. The van der Waals surface area contributed by atoms with Crippen LogP contribution in [0.2, 0.25) is 0 Å². The summed E-state index contributed by atoms with van der Waals surface area (Å²) in [7, 11) is -3.10. The first kappa shape index (κ1) is 25.1. The van der Waals surface area contributed by atoms with Gasteiger partial charge in [0.1, 0.15) is 0 Å². The van der Waals surface area contributed by atoms with Gasteiger partial charge in [0.2, 0.25) is 10.0 Å². The molecular weight excluding hydrogens is 431 g/mol. The summed E-state index contributed by atoms with van der Waals surface area (Å²) in [6.07, 6.45) is 2.74. The number of hydrogen-bond acceptors (Lipinski definition) is 4. The fourth-order valence-corrected chi connectivity index (χ4v) is 2.28. The Kier molecular flexibility index (Phi) is 18.3. The summed E-state index contributed by atoms with van der Waals surface area (Å²) >= 11 is 0. The van der Waals surface area contributed by atoms with Crippen LogP contribution in [-0.4, -0.2) is 59.5 Å². The van der Waals surface area contributed by atoms with Crippen LogP contribution in [0, 0.1) is 0 Å². The largest absolute Gasteiger partial charge is 0.382 e. The second kappa shape index (κ2) is 16.7. The minimum Gasteiger partial charge on any atom is -0.382 e. The van der Waals surface area contributed by atoms with Crippen molar-refractivity contribution in [2.45, 2.75) is 40.0 Å². The standard InChI is InChI=1S/C14H32N4O3S.HI/c1-4-15-14(16-10-7-8-13-21-5-2)17-11-9-12-18-22(19,20)6-3;/h18H,4-13H2,1-3H3,(H2,15,16,17);1H. The molecule has 0 rings (SSSR count). The van der Waals surface area contributed by atoms with Crippen LogP contribution in [0.4, 0.5) is 0 Å². The van der Waals surface area contributed by atoms with Crippen molar-refractivity contribution in [3.63, 3.8) is 0 Å². The molecule has 3 N–H and O–H groups in total. The molecule has 0 aromatic rings. The van der Waals surface area contributed by atoms with Crippen LogP contribution in [0.25, 0.3) is 0 Å². The third-order valence-electron chi connectivity index (χ3n) is 2.86. The average molecular weight is 464 g/mol. The number of ether oxygens (including phenoxy) is 1. The van der Waals surface area contributed by atoms with Crippen molar-refractivity contribution < 1.29 is 13.2 Å². The lowest BCUT2D eigenvalue weighted by atomic mass is 10.3. The lowest BCUT2D eigenvalue weighted by molar-refractivity contribution is 0.143. The van der Waals surface area contributed by atoms with E-state index in [-0.39, 0.29) is 29.7 Å². The Labute approximate surface area is 158 Å². The summed E-state index contributed by atoms with van der Waals surface area (Å²) in [6, 6.07) is 0. The van der Waals surface area contributed by atoms with Gasteiger partial charge in [-0.15, -0.1) is 24.0 Å². The normalized spacial score (nSPS) is 11.9. The second-order valence-corrected chi connectivity index (χ2v) is 6.84. The van der Waals surface area contributed by atoms with E-state index >= 15 is 0 Å². The third-order valence-corrected chi connectivity index (χ3v) is 4.27. The lowest BCUT2D eigenvalue weighted by Crippen LogP contribution is -2.38. The molecule has 0 amide bonds. The Balaban J connectivity index is 0. The van der Waals surface area contributed by atoms with Crippen molar-refractivity contribution in [3.8, 4) is 0 Å². The molecule has 0 aromatic heterocycles. The first-order chi connectivity index (χ1) is 10.6. The van der Waals surface area contributed by atoms with Gasteiger partial charge in [-0.05, 0) is 40.0 Å².